The SMILES string of the molecule is CCN(CN=C(C)SCc1ccccc1CSC1=NCN(Cc2ccccc2)CN1)Cc1ccccc1. The summed E-state index contributed by atoms with van der Waals surface area (Å²) in [5, 5.41) is 5.65. The second-order valence-corrected chi connectivity index (χ2v) is 11.2. The van der Waals surface area contributed by atoms with Crippen molar-refractivity contribution in [3.8, 4) is 0 Å². The highest BCUT2D eigenvalue weighted by molar-refractivity contribution is 8.13. The lowest BCUT2D eigenvalue weighted by molar-refractivity contribution is 0.258. The number of nitrogens with one attached hydrogen (secondary N) is 1. The lowest BCUT2D eigenvalue weighted by atomic mass is 10.1. The Morgan fingerprint density at radius 1 is 0.919 bits per heavy atom. The zero-order chi connectivity index (χ0) is 25.7. The highest BCUT2D eigenvalue weighted by Crippen LogP contribution is 2.23. The molecule has 3 aromatic rings. The average Bonchev–Trinajstić information content (AvgIpc) is 2.95. The minimum absolute atomic E-state index is 0.731. The van der Waals surface area contributed by atoms with E-state index in [1.807, 2.05) is 11.8 Å². The van der Waals surface area contributed by atoms with Crippen LogP contribution in [0, 0.1) is 0 Å². The Labute approximate surface area is 230 Å². The third-order valence-electron chi connectivity index (χ3n) is 6.23. The van der Waals surface area contributed by atoms with Gasteiger partial charge in [-0.15, -0.1) is 11.8 Å². The molecule has 3 aromatic carbocycles. The van der Waals surface area contributed by atoms with Crippen molar-refractivity contribution in [3.05, 3.63) is 107 Å². The summed E-state index contributed by atoms with van der Waals surface area (Å²) >= 11 is 3.62. The van der Waals surface area contributed by atoms with Crippen molar-refractivity contribution in [1.82, 2.24) is 15.1 Å². The first-order valence-corrected chi connectivity index (χ1v) is 14.8. The summed E-state index contributed by atoms with van der Waals surface area (Å²) in [5.41, 5.74) is 5.38. The molecule has 194 valence electrons. The molecule has 1 N–H and O–H groups in total. The molecule has 1 aliphatic heterocycles. The predicted molar refractivity (Wildman–Crippen MR) is 162 cm³/mol. The van der Waals surface area contributed by atoms with Crippen molar-refractivity contribution < 1.29 is 0 Å². The number of benzene rings is 3. The van der Waals surface area contributed by atoms with Gasteiger partial charge in [0.15, 0.2) is 5.17 Å². The lowest BCUT2D eigenvalue weighted by Gasteiger charge is -2.26. The van der Waals surface area contributed by atoms with Gasteiger partial charge >= 0.3 is 0 Å². The summed E-state index contributed by atoms with van der Waals surface area (Å²) in [6.07, 6.45) is 0. The van der Waals surface area contributed by atoms with Gasteiger partial charge in [0.1, 0.15) is 0 Å². The summed E-state index contributed by atoms with van der Waals surface area (Å²) in [7, 11) is 0. The largest absolute Gasteiger partial charge is 0.352 e. The molecule has 1 heterocycles. The lowest BCUT2D eigenvalue weighted by Crippen LogP contribution is -2.41. The van der Waals surface area contributed by atoms with Crippen LogP contribution < -0.4 is 5.32 Å². The molecule has 0 radical (unpaired) electrons. The van der Waals surface area contributed by atoms with Crippen molar-refractivity contribution >= 4 is 33.7 Å². The van der Waals surface area contributed by atoms with E-state index in [0.29, 0.717) is 0 Å². The second-order valence-electron chi connectivity index (χ2n) is 9.05. The number of thioether (sulfide) groups is 2. The Balaban J connectivity index is 1.23. The maximum Gasteiger partial charge on any atom is 0.159 e. The molecule has 0 aliphatic carbocycles. The number of hydrogen-bond donors (Lipinski definition) is 1. The molecule has 4 rings (SSSR count). The third kappa shape index (κ3) is 9.34. The molecule has 0 fully saturated rings. The van der Waals surface area contributed by atoms with E-state index in [2.05, 4.69) is 114 Å². The van der Waals surface area contributed by atoms with E-state index in [1.54, 1.807) is 11.8 Å². The fourth-order valence-corrected chi connectivity index (χ4v) is 5.69. The Bertz CT molecular complexity index is 1150. The van der Waals surface area contributed by atoms with Gasteiger partial charge in [0.25, 0.3) is 0 Å². The van der Waals surface area contributed by atoms with Gasteiger partial charge < -0.3 is 5.32 Å². The van der Waals surface area contributed by atoms with Crippen LogP contribution >= 0.6 is 23.5 Å². The number of amidine groups is 1. The standard InChI is InChI=1S/C30H37N5S2/c1-3-34(18-26-12-6-4-7-13-26)22-31-25(2)36-20-28-16-10-11-17-29(28)21-37-30-32-23-35(24-33-30)19-27-14-8-5-9-15-27/h4-17H,3,18-24H2,1-2H3,(H,32,33). The van der Waals surface area contributed by atoms with Crippen LogP contribution in [-0.2, 0) is 24.6 Å². The highest BCUT2D eigenvalue weighted by atomic mass is 32.2. The highest BCUT2D eigenvalue weighted by Gasteiger charge is 2.13. The van der Waals surface area contributed by atoms with Gasteiger partial charge in [-0.3, -0.25) is 14.8 Å². The van der Waals surface area contributed by atoms with E-state index in [-0.39, 0.29) is 0 Å². The van der Waals surface area contributed by atoms with Crippen LogP contribution in [0.1, 0.15) is 36.1 Å². The smallest absolute Gasteiger partial charge is 0.159 e. The van der Waals surface area contributed by atoms with Gasteiger partial charge in [-0.25, -0.2) is 4.99 Å². The van der Waals surface area contributed by atoms with Crippen LogP contribution in [0.15, 0.2) is 94.9 Å². The Kier molecular flexibility index (Phi) is 11.1. The first kappa shape index (κ1) is 27.5. The molecule has 1 aliphatic rings. The van der Waals surface area contributed by atoms with E-state index >= 15 is 0 Å². The third-order valence-corrected chi connectivity index (χ3v) is 8.23. The minimum Gasteiger partial charge on any atom is -0.352 e. The summed E-state index contributed by atoms with van der Waals surface area (Å²) in [6.45, 7) is 9.44. The monoisotopic (exact) mass is 531 g/mol. The van der Waals surface area contributed by atoms with E-state index in [0.717, 1.165) is 61.4 Å². The van der Waals surface area contributed by atoms with E-state index in [4.69, 9.17) is 9.98 Å². The molecule has 0 spiro atoms. The van der Waals surface area contributed by atoms with Gasteiger partial charge in [-0.1, -0.05) is 104 Å². The molecule has 0 amide bonds. The fourth-order valence-electron chi connectivity index (χ4n) is 4.01. The number of aliphatic imine (C=N–C) groups is 2. The molecule has 7 heteroatoms. The van der Waals surface area contributed by atoms with Crippen molar-refractivity contribution in [2.24, 2.45) is 9.98 Å². The fraction of sp³-hybridized carbons (Fsp3) is 0.333. The summed E-state index contributed by atoms with van der Waals surface area (Å²) < 4.78 is 0. The second kappa shape index (κ2) is 15.0. The van der Waals surface area contributed by atoms with Crippen LogP contribution in [0.4, 0.5) is 0 Å². The zero-order valence-electron chi connectivity index (χ0n) is 21.8. The predicted octanol–water partition coefficient (Wildman–Crippen LogP) is 6.43. The van der Waals surface area contributed by atoms with E-state index in [9.17, 15) is 0 Å². The normalized spacial score (nSPS) is 14.5. The zero-order valence-corrected chi connectivity index (χ0v) is 23.5. The maximum absolute atomic E-state index is 4.86. The Hall–Kier alpha value is -2.58. The Morgan fingerprint density at radius 2 is 1.57 bits per heavy atom. The summed E-state index contributed by atoms with van der Waals surface area (Å²) in [6, 6.07) is 29.9. The summed E-state index contributed by atoms with van der Waals surface area (Å²) in [5.74, 6) is 1.85. The van der Waals surface area contributed by atoms with Gasteiger partial charge in [0, 0.05) is 24.6 Å². The molecular weight excluding hydrogens is 494 g/mol. The van der Waals surface area contributed by atoms with Crippen LogP contribution in [-0.4, -0.2) is 46.6 Å². The average molecular weight is 532 g/mol. The molecule has 0 unspecified atom stereocenters. The van der Waals surface area contributed by atoms with Crippen LogP contribution in [0.2, 0.25) is 0 Å². The van der Waals surface area contributed by atoms with Crippen molar-refractivity contribution in [2.75, 3.05) is 26.6 Å². The molecule has 0 saturated heterocycles. The van der Waals surface area contributed by atoms with Gasteiger partial charge in [-0.05, 0) is 35.7 Å². The van der Waals surface area contributed by atoms with Crippen LogP contribution in [0.5, 0.6) is 0 Å². The molecule has 37 heavy (non-hydrogen) atoms. The van der Waals surface area contributed by atoms with Crippen molar-refractivity contribution in [2.45, 2.75) is 38.4 Å². The molecule has 0 bridgehead atoms. The van der Waals surface area contributed by atoms with Crippen LogP contribution in [0.3, 0.4) is 0 Å². The van der Waals surface area contributed by atoms with E-state index in [1.165, 1.54) is 22.3 Å². The maximum atomic E-state index is 4.86. The minimum atomic E-state index is 0.731. The molecular formula is C30H37N5S2. The number of rotatable bonds is 11. The molecule has 0 saturated carbocycles. The number of nitrogens with zero attached hydrogens (tertiary/aromatic N) is 4. The van der Waals surface area contributed by atoms with Gasteiger partial charge in [-0.2, -0.15) is 0 Å². The van der Waals surface area contributed by atoms with E-state index < -0.39 is 0 Å². The Morgan fingerprint density at radius 3 is 2.22 bits per heavy atom. The van der Waals surface area contributed by atoms with Crippen molar-refractivity contribution in [1.29, 1.82) is 0 Å². The topological polar surface area (TPSA) is 43.2 Å². The molecule has 0 atom stereocenters. The van der Waals surface area contributed by atoms with Crippen molar-refractivity contribution in [3.63, 3.8) is 0 Å². The summed E-state index contributed by atoms with van der Waals surface area (Å²) in [4.78, 5) is 14.3. The van der Waals surface area contributed by atoms with Crippen LogP contribution in [0.25, 0.3) is 0 Å². The number of hydrogen-bond acceptors (Lipinski definition) is 7. The molecule has 5 nitrogen and oxygen atoms in total. The first-order chi connectivity index (χ1) is 18.2. The quantitative estimate of drug-likeness (QED) is 0.228. The first-order valence-electron chi connectivity index (χ1n) is 12.8. The van der Waals surface area contributed by atoms with Gasteiger partial charge in [0.2, 0.25) is 0 Å². The van der Waals surface area contributed by atoms with Gasteiger partial charge in [0.05, 0.1) is 25.0 Å². The molecule has 0 aromatic heterocycles.